The van der Waals surface area contributed by atoms with E-state index in [2.05, 4.69) is 18.3 Å². The maximum atomic E-state index is 12.3. The van der Waals surface area contributed by atoms with Crippen LogP contribution in [-0.4, -0.2) is 28.8 Å². The minimum Gasteiger partial charge on any atom is -0.341 e. The number of carbonyl (C=O) groups is 2. The molecule has 1 heterocycles. The van der Waals surface area contributed by atoms with E-state index in [0.717, 1.165) is 5.56 Å². The van der Waals surface area contributed by atoms with Crippen molar-refractivity contribution in [1.82, 2.24) is 10.2 Å². The Hall–Kier alpha value is -1.84. The van der Waals surface area contributed by atoms with Crippen molar-refractivity contribution in [2.45, 2.75) is 39.8 Å². The molecule has 0 bridgehead atoms. The summed E-state index contributed by atoms with van der Waals surface area (Å²) in [6.45, 7) is 8.20. The highest BCUT2D eigenvalue weighted by Crippen LogP contribution is 2.17. The van der Waals surface area contributed by atoms with Crippen molar-refractivity contribution in [3.63, 3.8) is 0 Å². The molecule has 0 unspecified atom stereocenters. The van der Waals surface area contributed by atoms with Crippen molar-refractivity contribution in [3.8, 4) is 0 Å². The number of nitrogens with zero attached hydrogens (tertiary/aromatic N) is 1. The normalized spacial score (nSPS) is 18.4. The molecule has 1 aliphatic heterocycles. The lowest BCUT2D eigenvalue weighted by atomic mass is 9.99. The van der Waals surface area contributed by atoms with Crippen LogP contribution in [0.5, 0.6) is 0 Å². The van der Waals surface area contributed by atoms with Crippen LogP contribution in [-0.2, 0) is 16.1 Å². The summed E-state index contributed by atoms with van der Waals surface area (Å²) in [5.74, 6) is -0.140. The monoisotopic (exact) mass is 260 g/mol. The fourth-order valence-electron chi connectivity index (χ4n) is 2.33. The predicted molar refractivity (Wildman–Crippen MR) is 73.6 cm³/mol. The van der Waals surface area contributed by atoms with Gasteiger partial charge in [0.25, 0.3) is 0 Å². The average Bonchev–Trinajstić information content (AvgIpc) is 2.30. The summed E-state index contributed by atoms with van der Waals surface area (Å²) in [4.78, 5) is 25.5. The Morgan fingerprint density at radius 2 is 1.89 bits per heavy atom. The molecule has 102 valence electrons. The summed E-state index contributed by atoms with van der Waals surface area (Å²) in [6.07, 6.45) is 0. The number of aryl methyl sites for hydroxylation is 2. The van der Waals surface area contributed by atoms with Crippen LogP contribution in [0.25, 0.3) is 0 Å². The smallest absolute Gasteiger partial charge is 0.248 e. The molecule has 1 aromatic rings. The van der Waals surface area contributed by atoms with Gasteiger partial charge in [-0.2, -0.15) is 0 Å². The van der Waals surface area contributed by atoms with Crippen LogP contribution >= 0.6 is 0 Å². The molecule has 1 N–H and O–H groups in total. The van der Waals surface area contributed by atoms with Gasteiger partial charge in [-0.3, -0.25) is 9.59 Å². The third-order valence-corrected chi connectivity index (χ3v) is 3.55. The SMILES string of the molecule is Cc1ccc(CN2CC(=O)NC(C)(C)C2=O)cc1C. The Morgan fingerprint density at radius 1 is 1.21 bits per heavy atom. The van der Waals surface area contributed by atoms with E-state index in [1.165, 1.54) is 11.1 Å². The predicted octanol–water partition coefficient (Wildman–Crippen LogP) is 1.54. The topological polar surface area (TPSA) is 49.4 Å². The molecule has 1 aromatic carbocycles. The number of nitrogens with one attached hydrogen (secondary N) is 1. The van der Waals surface area contributed by atoms with Crippen LogP contribution in [0.3, 0.4) is 0 Å². The Bertz CT molecular complexity index is 535. The van der Waals surface area contributed by atoms with Gasteiger partial charge < -0.3 is 10.2 Å². The van der Waals surface area contributed by atoms with E-state index in [9.17, 15) is 9.59 Å². The van der Waals surface area contributed by atoms with Crippen LogP contribution in [0.15, 0.2) is 18.2 Å². The third-order valence-electron chi connectivity index (χ3n) is 3.55. The summed E-state index contributed by atoms with van der Waals surface area (Å²) in [6, 6.07) is 6.13. The van der Waals surface area contributed by atoms with Crippen LogP contribution < -0.4 is 5.32 Å². The Kier molecular flexibility index (Phi) is 3.35. The van der Waals surface area contributed by atoms with Gasteiger partial charge in [-0.05, 0) is 44.4 Å². The maximum absolute atomic E-state index is 12.3. The number of rotatable bonds is 2. The van der Waals surface area contributed by atoms with Gasteiger partial charge in [0, 0.05) is 6.54 Å². The first-order valence-corrected chi connectivity index (χ1v) is 6.46. The van der Waals surface area contributed by atoms with Crippen molar-refractivity contribution >= 4 is 11.8 Å². The molecule has 0 atom stereocenters. The molecule has 0 radical (unpaired) electrons. The number of amides is 2. The summed E-state index contributed by atoms with van der Waals surface area (Å²) in [5.41, 5.74) is 2.68. The second-order valence-corrected chi connectivity index (χ2v) is 5.75. The summed E-state index contributed by atoms with van der Waals surface area (Å²) in [7, 11) is 0. The van der Waals surface area contributed by atoms with Gasteiger partial charge >= 0.3 is 0 Å². The van der Waals surface area contributed by atoms with Crippen LogP contribution in [0.4, 0.5) is 0 Å². The zero-order valence-electron chi connectivity index (χ0n) is 11.9. The molecule has 19 heavy (non-hydrogen) atoms. The van der Waals surface area contributed by atoms with Crippen LogP contribution in [0.2, 0.25) is 0 Å². The molecule has 4 heteroatoms. The molecule has 1 saturated heterocycles. The van der Waals surface area contributed by atoms with Gasteiger partial charge in [-0.15, -0.1) is 0 Å². The summed E-state index contributed by atoms with van der Waals surface area (Å²) in [5, 5.41) is 2.71. The number of benzene rings is 1. The number of hydrogen-bond acceptors (Lipinski definition) is 2. The first-order chi connectivity index (χ1) is 8.79. The van der Waals surface area contributed by atoms with Gasteiger partial charge in [0.15, 0.2) is 0 Å². The van der Waals surface area contributed by atoms with Crippen LogP contribution in [0, 0.1) is 13.8 Å². The lowest BCUT2D eigenvalue weighted by Gasteiger charge is -2.37. The largest absolute Gasteiger partial charge is 0.341 e. The Labute approximate surface area is 113 Å². The van der Waals surface area contributed by atoms with Gasteiger partial charge in [0.1, 0.15) is 5.54 Å². The standard InChI is InChI=1S/C15H20N2O2/c1-10-5-6-12(7-11(10)2)8-17-9-13(18)16-15(3,4)14(17)19/h5-7H,8-9H2,1-4H3,(H,16,18). The third kappa shape index (κ3) is 2.78. The fraction of sp³-hybridized carbons (Fsp3) is 0.467. The molecular weight excluding hydrogens is 240 g/mol. The van der Waals surface area contributed by atoms with E-state index in [-0.39, 0.29) is 18.4 Å². The summed E-state index contributed by atoms with van der Waals surface area (Å²) >= 11 is 0. The molecule has 2 amide bonds. The first-order valence-electron chi connectivity index (χ1n) is 6.46. The highest BCUT2D eigenvalue weighted by Gasteiger charge is 2.38. The van der Waals surface area contributed by atoms with E-state index < -0.39 is 5.54 Å². The zero-order valence-corrected chi connectivity index (χ0v) is 11.9. The Morgan fingerprint density at radius 3 is 2.53 bits per heavy atom. The quantitative estimate of drug-likeness (QED) is 0.877. The fourth-order valence-corrected chi connectivity index (χ4v) is 2.33. The van der Waals surface area contributed by atoms with Crippen LogP contribution in [0.1, 0.15) is 30.5 Å². The van der Waals surface area contributed by atoms with E-state index in [1.807, 2.05) is 19.1 Å². The molecule has 0 saturated carbocycles. The van der Waals surface area contributed by atoms with Crippen molar-refractivity contribution in [3.05, 3.63) is 34.9 Å². The molecule has 1 fully saturated rings. The number of piperazine rings is 1. The van der Waals surface area contributed by atoms with E-state index in [4.69, 9.17) is 0 Å². The lowest BCUT2D eigenvalue weighted by Crippen LogP contribution is -2.63. The van der Waals surface area contributed by atoms with Gasteiger partial charge in [0.05, 0.1) is 6.54 Å². The van der Waals surface area contributed by atoms with Crippen molar-refractivity contribution in [1.29, 1.82) is 0 Å². The molecular formula is C15H20N2O2. The first kappa shape index (κ1) is 13.6. The second kappa shape index (κ2) is 4.68. The molecule has 0 aliphatic carbocycles. The molecule has 1 aliphatic rings. The maximum Gasteiger partial charge on any atom is 0.248 e. The van der Waals surface area contributed by atoms with Crippen molar-refractivity contribution < 1.29 is 9.59 Å². The molecule has 0 aromatic heterocycles. The minimum atomic E-state index is -0.810. The highest BCUT2D eigenvalue weighted by atomic mass is 16.2. The number of carbonyl (C=O) groups excluding carboxylic acids is 2. The molecule has 2 rings (SSSR count). The Balaban J connectivity index is 2.19. The molecule has 4 nitrogen and oxygen atoms in total. The van der Waals surface area contributed by atoms with Gasteiger partial charge in [0.2, 0.25) is 11.8 Å². The van der Waals surface area contributed by atoms with Crippen molar-refractivity contribution in [2.75, 3.05) is 6.54 Å². The molecule has 0 spiro atoms. The number of hydrogen-bond donors (Lipinski definition) is 1. The van der Waals surface area contributed by atoms with Gasteiger partial charge in [-0.25, -0.2) is 0 Å². The minimum absolute atomic E-state index is 0.0367. The van der Waals surface area contributed by atoms with E-state index in [0.29, 0.717) is 6.54 Å². The van der Waals surface area contributed by atoms with E-state index in [1.54, 1.807) is 18.7 Å². The van der Waals surface area contributed by atoms with E-state index >= 15 is 0 Å². The highest BCUT2D eigenvalue weighted by molar-refractivity contribution is 5.97. The van der Waals surface area contributed by atoms with Gasteiger partial charge in [-0.1, -0.05) is 18.2 Å². The van der Waals surface area contributed by atoms with Crippen molar-refractivity contribution in [2.24, 2.45) is 0 Å². The lowest BCUT2D eigenvalue weighted by molar-refractivity contribution is -0.148. The zero-order chi connectivity index (χ0) is 14.2. The summed E-state index contributed by atoms with van der Waals surface area (Å²) < 4.78 is 0. The average molecular weight is 260 g/mol. The second-order valence-electron chi connectivity index (χ2n) is 5.75.